The van der Waals surface area contributed by atoms with Crippen molar-refractivity contribution >= 4 is 0 Å². The lowest BCUT2D eigenvalue weighted by molar-refractivity contribution is -0.513. The second kappa shape index (κ2) is 3.54. The third-order valence-corrected chi connectivity index (χ3v) is 4.25. The molecular weight excluding hydrogens is 232 g/mol. The number of hydrogen-bond acceptors (Lipinski definition) is 4. The van der Waals surface area contributed by atoms with E-state index in [2.05, 4.69) is 12.1 Å². The largest absolute Gasteiger partial charge is 0.370 e. The molecule has 0 N–H and O–H groups in total. The Morgan fingerprint density at radius 2 is 2.11 bits per heavy atom. The van der Waals surface area contributed by atoms with Crippen molar-refractivity contribution in [3.63, 3.8) is 0 Å². The van der Waals surface area contributed by atoms with Gasteiger partial charge in [0.2, 0.25) is 0 Å². The van der Waals surface area contributed by atoms with Crippen LogP contribution in [0.15, 0.2) is 24.3 Å². The molecule has 18 heavy (non-hydrogen) atoms. The van der Waals surface area contributed by atoms with Gasteiger partial charge < -0.3 is 9.47 Å². The van der Waals surface area contributed by atoms with Gasteiger partial charge in [-0.1, -0.05) is 24.3 Å². The van der Waals surface area contributed by atoms with Crippen LogP contribution in [0.1, 0.15) is 30.9 Å². The van der Waals surface area contributed by atoms with Crippen molar-refractivity contribution in [2.75, 3.05) is 6.61 Å². The van der Waals surface area contributed by atoms with E-state index in [4.69, 9.17) is 19.2 Å². The molecule has 4 aliphatic rings. The zero-order valence-corrected chi connectivity index (χ0v) is 10.3. The minimum absolute atomic E-state index is 0.0109. The van der Waals surface area contributed by atoms with Gasteiger partial charge in [0.15, 0.2) is 11.4 Å². The van der Waals surface area contributed by atoms with E-state index in [1.807, 2.05) is 19.1 Å². The fourth-order valence-electron chi connectivity index (χ4n) is 3.12. The number of ether oxygens (including phenoxy) is 2. The van der Waals surface area contributed by atoms with Crippen LogP contribution < -0.4 is 0 Å². The van der Waals surface area contributed by atoms with Crippen LogP contribution >= 0.6 is 0 Å². The van der Waals surface area contributed by atoms with E-state index in [1.165, 1.54) is 0 Å². The van der Waals surface area contributed by atoms with E-state index in [9.17, 15) is 0 Å². The Hall–Kier alpha value is -0.940. The molecule has 0 saturated carbocycles. The minimum atomic E-state index is -0.624. The average Bonchev–Trinajstić information content (AvgIpc) is 2.65. The molecule has 4 aliphatic heterocycles. The normalized spacial score (nSPS) is 41.9. The van der Waals surface area contributed by atoms with Crippen LogP contribution in [0.2, 0.25) is 0 Å². The molecule has 3 saturated heterocycles. The van der Waals surface area contributed by atoms with Gasteiger partial charge in [-0.15, -0.1) is 0 Å². The van der Waals surface area contributed by atoms with Gasteiger partial charge in [-0.25, -0.2) is 9.78 Å². The van der Waals surface area contributed by atoms with Gasteiger partial charge in [-0.3, -0.25) is 0 Å². The molecular formula is C14H16O4. The molecule has 1 spiro atoms. The predicted octanol–water partition coefficient (Wildman–Crippen LogP) is 2.27. The van der Waals surface area contributed by atoms with Gasteiger partial charge in [0, 0.05) is 6.42 Å². The molecule has 1 aromatic rings. The Morgan fingerprint density at radius 3 is 2.94 bits per heavy atom. The van der Waals surface area contributed by atoms with Gasteiger partial charge >= 0.3 is 0 Å². The number of benzene rings is 1. The average molecular weight is 248 g/mol. The van der Waals surface area contributed by atoms with E-state index in [1.54, 1.807) is 0 Å². The molecule has 4 heterocycles. The summed E-state index contributed by atoms with van der Waals surface area (Å²) in [5, 5.41) is 0. The summed E-state index contributed by atoms with van der Waals surface area (Å²) in [5.41, 5.74) is 1.71. The fourth-order valence-corrected chi connectivity index (χ4v) is 3.12. The van der Waals surface area contributed by atoms with E-state index in [0.717, 1.165) is 24.0 Å². The van der Waals surface area contributed by atoms with E-state index in [-0.39, 0.29) is 6.10 Å². The number of hydrogen-bond donors (Lipinski definition) is 0. The highest BCUT2D eigenvalue weighted by Crippen LogP contribution is 2.48. The van der Waals surface area contributed by atoms with Crippen molar-refractivity contribution in [2.24, 2.45) is 0 Å². The standard InChI is InChI=1S/C14H16O4/c1-13-7-6-12-14(9-16-13,18-17-13)11-5-3-2-4-10(11)8-15-12/h2-5,12H,6-9H2,1H3/t12-,13+,14+/m1/s1. The van der Waals surface area contributed by atoms with Crippen LogP contribution in [0.4, 0.5) is 0 Å². The van der Waals surface area contributed by atoms with Gasteiger partial charge in [-0.2, -0.15) is 0 Å². The van der Waals surface area contributed by atoms with Gasteiger partial charge in [-0.05, 0) is 24.5 Å². The summed E-state index contributed by atoms with van der Waals surface area (Å²) in [6.07, 6.45) is 1.70. The first-order valence-electron chi connectivity index (χ1n) is 6.43. The molecule has 0 amide bonds. The number of rotatable bonds is 0. The zero-order chi connectivity index (χ0) is 12.2. The third-order valence-electron chi connectivity index (χ3n) is 4.25. The molecule has 0 radical (unpaired) electrons. The maximum absolute atomic E-state index is 5.97. The lowest BCUT2D eigenvalue weighted by Crippen LogP contribution is -2.53. The molecule has 4 heteroatoms. The van der Waals surface area contributed by atoms with Crippen LogP contribution in [-0.2, 0) is 31.5 Å². The first-order valence-corrected chi connectivity index (χ1v) is 6.43. The first kappa shape index (κ1) is 10.9. The fraction of sp³-hybridized carbons (Fsp3) is 0.571. The lowest BCUT2D eigenvalue weighted by Gasteiger charge is -2.45. The minimum Gasteiger partial charge on any atom is -0.370 e. The van der Waals surface area contributed by atoms with Crippen LogP contribution in [-0.4, -0.2) is 18.5 Å². The van der Waals surface area contributed by atoms with Gasteiger partial charge in [0.05, 0.1) is 19.3 Å². The van der Waals surface area contributed by atoms with Crippen molar-refractivity contribution in [1.29, 1.82) is 0 Å². The molecule has 96 valence electrons. The van der Waals surface area contributed by atoms with Crippen molar-refractivity contribution in [3.05, 3.63) is 35.4 Å². The smallest absolute Gasteiger partial charge is 0.198 e. The molecule has 0 aromatic heterocycles. The van der Waals surface area contributed by atoms with Crippen LogP contribution in [0, 0.1) is 0 Å². The van der Waals surface area contributed by atoms with Crippen molar-refractivity contribution in [2.45, 2.75) is 43.9 Å². The Labute approximate surface area is 106 Å². The summed E-state index contributed by atoms with van der Waals surface area (Å²) >= 11 is 0. The highest BCUT2D eigenvalue weighted by Gasteiger charge is 2.56. The quantitative estimate of drug-likeness (QED) is 0.660. The molecule has 3 atom stereocenters. The SMILES string of the molecule is C[C@]12CC[C@H]3OCc4ccccc4[C@]3(CO1)OO2. The summed E-state index contributed by atoms with van der Waals surface area (Å²) in [5.74, 6) is -0.624. The maximum Gasteiger partial charge on any atom is 0.198 e. The summed E-state index contributed by atoms with van der Waals surface area (Å²) in [7, 11) is 0. The maximum atomic E-state index is 5.97. The summed E-state index contributed by atoms with van der Waals surface area (Å²) in [6.45, 7) is 3.05. The predicted molar refractivity (Wildman–Crippen MR) is 62.5 cm³/mol. The molecule has 0 aliphatic carbocycles. The van der Waals surface area contributed by atoms with E-state index < -0.39 is 11.4 Å². The Balaban J connectivity index is 1.85. The van der Waals surface area contributed by atoms with Crippen LogP contribution in [0.25, 0.3) is 0 Å². The topological polar surface area (TPSA) is 36.9 Å². The van der Waals surface area contributed by atoms with Crippen molar-refractivity contribution in [1.82, 2.24) is 0 Å². The third kappa shape index (κ3) is 1.34. The Morgan fingerprint density at radius 1 is 1.22 bits per heavy atom. The molecule has 2 bridgehead atoms. The monoisotopic (exact) mass is 248 g/mol. The Kier molecular flexibility index (Phi) is 2.15. The van der Waals surface area contributed by atoms with Crippen molar-refractivity contribution < 1.29 is 19.2 Å². The van der Waals surface area contributed by atoms with Gasteiger partial charge in [0.25, 0.3) is 0 Å². The van der Waals surface area contributed by atoms with Gasteiger partial charge in [0.1, 0.15) is 0 Å². The van der Waals surface area contributed by atoms with E-state index >= 15 is 0 Å². The molecule has 1 aromatic carbocycles. The van der Waals surface area contributed by atoms with Crippen molar-refractivity contribution in [3.8, 4) is 0 Å². The summed E-state index contributed by atoms with van der Waals surface area (Å²) in [4.78, 5) is 11.3. The lowest BCUT2D eigenvalue weighted by atomic mass is 9.82. The van der Waals surface area contributed by atoms with Crippen LogP contribution in [0.3, 0.4) is 0 Å². The van der Waals surface area contributed by atoms with E-state index in [0.29, 0.717) is 13.2 Å². The first-order chi connectivity index (χ1) is 8.72. The zero-order valence-electron chi connectivity index (χ0n) is 10.3. The second-order valence-electron chi connectivity index (χ2n) is 5.47. The Bertz CT molecular complexity index is 476. The summed E-state index contributed by atoms with van der Waals surface area (Å²) < 4.78 is 11.8. The van der Waals surface area contributed by atoms with Crippen LogP contribution in [0.5, 0.6) is 0 Å². The highest BCUT2D eigenvalue weighted by molar-refractivity contribution is 5.35. The molecule has 4 nitrogen and oxygen atoms in total. The second-order valence-corrected chi connectivity index (χ2v) is 5.47. The summed E-state index contributed by atoms with van der Waals surface area (Å²) in [6, 6.07) is 8.20. The number of fused-ring (bicyclic) bond motifs is 4. The highest BCUT2D eigenvalue weighted by atomic mass is 17.3. The molecule has 0 unspecified atom stereocenters. The molecule has 5 rings (SSSR count). The molecule has 3 fully saturated rings.